The Kier molecular flexibility index (Phi) is 5.21. The van der Waals surface area contributed by atoms with Crippen LogP contribution in [-0.2, 0) is 6.04 Å². The van der Waals surface area contributed by atoms with Gasteiger partial charge in [0, 0.05) is 0 Å². The van der Waals surface area contributed by atoms with Crippen molar-refractivity contribution in [1.29, 1.82) is 0 Å². The van der Waals surface area contributed by atoms with Crippen molar-refractivity contribution in [3.8, 4) is 0 Å². The van der Waals surface area contributed by atoms with Gasteiger partial charge in [0.25, 0.3) is 0 Å². The molecule has 0 heterocycles. The van der Waals surface area contributed by atoms with Gasteiger partial charge in [0.05, 0.1) is 8.07 Å². The highest BCUT2D eigenvalue weighted by Gasteiger charge is 2.42. The number of benzene rings is 1. The van der Waals surface area contributed by atoms with Gasteiger partial charge < -0.3 is 0 Å². The molecule has 0 fully saturated rings. The summed E-state index contributed by atoms with van der Waals surface area (Å²) in [6, 6.07) is 10.5. The van der Waals surface area contributed by atoms with E-state index in [2.05, 4.69) is 72.7 Å². The fourth-order valence-corrected chi connectivity index (χ4v) is 9.84. The summed E-state index contributed by atoms with van der Waals surface area (Å²) in [6.45, 7) is 16.8. The maximum atomic E-state index is 2.44. The molecule has 0 bridgehead atoms. The Labute approximate surface area is 115 Å². The fourth-order valence-electron chi connectivity index (χ4n) is 3.67. The summed E-state index contributed by atoms with van der Waals surface area (Å²) in [5.74, 6) is 0. The first-order valence-corrected chi connectivity index (χ1v) is 9.80. The van der Waals surface area contributed by atoms with Crippen molar-refractivity contribution < 1.29 is 0 Å². The third-order valence-electron chi connectivity index (χ3n) is 4.86. The number of aryl methyl sites for hydroxylation is 1. The Balaban J connectivity index is 3.08. The molecule has 0 aliphatic carbocycles. The summed E-state index contributed by atoms with van der Waals surface area (Å²) in [6.07, 6.45) is 0. The van der Waals surface area contributed by atoms with Crippen LogP contribution in [0.2, 0.25) is 16.6 Å². The molecule has 1 heteroatoms. The zero-order chi connectivity index (χ0) is 13.9. The first-order valence-electron chi connectivity index (χ1n) is 7.36. The summed E-state index contributed by atoms with van der Waals surface area (Å²) in [4.78, 5) is 0. The van der Waals surface area contributed by atoms with E-state index in [0.717, 1.165) is 16.6 Å². The van der Waals surface area contributed by atoms with Gasteiger partial charge in [-0.05, 0) is 13.0 Å². The van der Waals surface area contributed by atoms with Crippen molar-refractivity contribution in [2.24, 2.45) is 0 Å². The zero-order valence-electron chi connectivity index (χ0n) is 13.2. The van der Waals surface area contributed by atoms with Gasteiger partial charge in [-0.25, -0.2) is 0 Å². The maximum absolute atomic E-state index is 2.44. The molecule has 0 unspecified atom stereocenters. The SMILES string of the molecule is Cc1ccc(C[Si](C(C)C)(C(C)C)C(C)C)cc1. The van der Waals surface area contributed by atoms with Crippen molar-refractivity contribution in [2.45, 2.75) is 71.1 Å². The van der Waals surface area contributed by atoms with Crippen molar-refractivity contribution in [1.82, 2.24) is 0 Å². The molecule has 0 N–H and O–H groups in total. The molecule has 1 aromatic carbocycles. The van der Waals surface area contributed by atoms with Crippen LogP contribution < -0.4 is 0 Å². The molecular formula is C17H30Si. The molecule has 18 heavy (non-hydrogen) atoms. The second-order valence-electron chi connectivity index (χ2n) is 6.74. The van der Waals surface area contributed by atoms with E-state index in [1.165, 1.54) is 11.6 Å². The van der Waals surface area contributed by atoms with E-state index in [1.54, 1.807) is 5.56 Å². The largest absolute Gasteiger partial charge is 0.0656 e. The predicted molar refractivity (Wildman–Crippen MR) is 85.9 cm³/mol. The number of rotatable bonds is 5. The van der Waals surface area contributed by atoms with Crippen LogP contribution in [0.25, 0.3) is 0 Å². The second kappa shape index (κ2) is 6.05. The molecular weight excluding hydrogens is 232 g/mol. The van der Waals surface area contributed by atoms with E-state index in [1.807, 2.05) is 0 Å². The lowest BCUT2D eigenvalue weighted by Gasteiger charge is -2.43. The van der Waals surface area contributed by atoms with Crippen LogP contribution >= 0.6 is 0 Å². The van der Waals surface area contributed by atoms with E-state index in [-0.39, 0.29) is 0 Å². The van der Waals surface area contributed by atoms with E-state index < -0.39 is 8.07 Å². The lowest BCUT2D eigenvalue weighted by atomic mass is 10.2. The van der Waals surface area contributed by atoms with E-state index in [0.29, 0.717) is 0 Å². The highest BCUT2D eigenvalue weighted by atomic mass is 28.3. The molecule has 0 saturated heterocycles. The van der Waals surface area contributed by atoms with Crippen molar-refractivity contribution in [3.63, 3.8) is 0 Å². The highest BCUT2D eigenvalue weighted by molar-refractivity contribution is 6.83. The third-order valence-corrected chi connectivity index (χ3v) is 12.3. The molecule has 0 saturated carbocycles. The predicted octanol–water partition coefficient (Wildman–Crippen LogP) is 5.76. The zero-order valence-corrected chi connectivity index (χ0v) is 14.2. The van der Waals surface area contributed by atoms with Crippen molar-refractivity contribution in [2.75, 3.05) is 0 Å². The van der Waals surface area contributed by atoms with Crippen LogP contribution in [0.4, 0.5) is 0 Å². The van der Waals surface area contributed by atoms with E-state index in [4.69, 9.17) is 0 Å². The molecule has 1 rings (SSSR count). The molecule has 0 nitrogen and oxygen atoms in total. The van der Waals surface area contributed by atoms with Gasteiger partial charge >= 0.3 is 0 Å². The Morgan fingerprint density at radius 1 is 0.778 bits per heavy atom. The average molecular weight is 263 g/mol. The summed E-state index contributed by atoms with van der Waals surface area (Å²) in [5.41, 5.74) is 5.45. The molecule has 0 radical (unpaired) electrons. The second-order valence-corrected chi connectivity index (χ2v) is 12.8. The standard InChI is InChI=1S/C17H30Si/c1-13(2)18(14(3)4,15(5)6)12-17-10-8-16(7)9-11-17/h8-11,13-15H,12H2,1-7H3. The molecule has 0 spiro atoms. The van der Waals surface area contributed by atoms with Gasteiger partial charge in [-0.15, -0.1) is 0 Å². The molecule has 0 amide bonds. The minimum atomic E-state index is -1.29. The van der Waals surface area contributed by atoms with Crippen molar-refractivity contribution in [3.05, 3.63) is 35.4 Å². The summed E-state index contributed by atoms with van der Waals surface area (Å²) in [5, 5.41) is 0. The lowest BCUT2D eigenvalue weighted by Crippen LogP contribution is -2.47. The molecule has 0 aromatic heterocycles. The topological polar surface area (TPSA) is 0 Å². The maximum Gasteiger partial charge on any atom is 0.0656 e. The van der Waals surface area contributed by atoms with Gasteiger partial charge in [-0.2, -0.15) is 0 Å². The minimum Gasteiger partial charge on any atom is -0.0651 e. The van der Waals surface area contributed by atoms with Crippen LogP contribution in [0, 0.1) is 6.92 Å². The van der Waals surface area contributed by atoms with Crippen LogP contribution in [0.5, 0.6) is 0 Å². The molecule has 0 atom stereocenters. The Morgan fingerprint density at radius 3 is 1.50 bits per heavy atom. The molecule has 102 valence electrons. The van der Waals surface area contributed by atoms with Gasteiger partial charge in [-0.1, -0.05) is 93.6 Å². The first kappa shape index (κ1) is 15.5. The quantitative estimate of drug-likeness (QED) is 0.592. The monoisotopic (exact) mass is 262 g/mol. The van der Waals surface area contributed by atoms with Crippen LogP contribution in [-0.4, -0.2) is 8.07 Å². The van der Waals surface area contributed by atoms with Gasteiger partial charge in [-0.3, -0.25) is 0 Å². The van der Waals surface area contributed by atoms with E-state index >= 15 is 0 Å². The summed E-state index contributed by atoms with van der Waals surface area (Å²) in [7, 11) is -1.29. The highest BCUT2D eigenvalue weighted by Crippen LogP contribution is 2.43. The smallest absolute Gasteiger partial charge is 0.0651 e. The average Bonchev–Trinajstić information content (AvgIpc) is 2.26. The minimum absolute atomic E-state index is 0.846. The third kappa shape index (κ3) is 3.06. The van der Waals surface area contributed by atoms with Gasteiger partial charge in [0.15, 0.2) is 0 Å². The summed E-state index contributed by atoms with van der Waals surface area (Å²) >= 11 is 0. The molecule has 0 aliphatic heterocycles. The fraction of sp³-hybridized carbons (Fsp3) is 0.647. The molecule has 0 aliphatic rings. The Bertz CT molecular complexity index is 338. The van der Waals surface area contributed by atoms with Crippen molar-refractivity contribution >= 4 is 8.07 Å². The van der Waals surface area contributed by atoms with Crippen LogP contribution in [0.15, 0.2) is 24.3 Å². The number of hydrogen-bond donors (Lipinski definition) is 0. The lowest BCUT2D eigenvalue weighted by molar-refractivity contribution is 0.797. The molecule has 1 aromatic rings. The van der Waals surface area contributed by atoms with Gasteiger partial charge in [0.2, 0.25) is 0 Å². The first-order chi connectivity index (χ1) is 8.30. The Hall–Kier alpha value is -0.563. The van der Waals surface area contributed by atoms with E-state index in [9.17, 15) is 0 Å². The van der Waals surface area contributed by atoms with Gasteiger partial charge in [0.1, 0.15) is 0 Å². The van der Waals surface area contributed by atoms with Crippen LogP contribution in [0.1, 0.15) is 52.7 Å². The van der Waals surface area contributed by atoms with Crippen LogP contribution in [0.3, 0.4) is 0 Å². The number of hydrogen-bond acceptors (Lipinski definition) is 0. The summed E-state index contributed by atoms with van der Waals surface area (Å²) < 4.78 is 0. The normalized spacial score (nSPS) is 12.8. The Morgan fingerprint density at radius 2 is 1.17 bits per heavy atom.